The molecule has 1 atom stereocenters. The van der Waals surface area contributed by atoms with Gasteiger partial charge in [0.15, 0.2) is 18.5 Å². The maximum atomic E-state index is 13.7. The molecular weight excluding hydrogens is 496 g/mol. The van der Waals surface area contributed by atoms with Crippen LogP contribution in [0.3, 0.4) is 0 Å². The van der Waals surface area contributed by atoms with Gasteiger partial charge in [-0.3, -0.25) is 14.6 Å². The molecule has 2 bridgehead atoms. The predicted octanol–water partition coefficient (Wildman–Crippen LogP) is 0.473. The number of rotatable bonds is 6. The molecule has 8 heteroatoms. The molecule has 0 spiro atoms. The Morgan fingerprint density at radius 1 is 1.06 bits per heavy atom. The van der Waals surface area contributed by atoms with Crippen LogP contribution in [0.1, 0.15) is 50.5 Å². The minimum Gasteiger partial charge on any atom is -1.00 e. The number of fused-ring (bicyclic) bond motifs is 3. The van der Waals surface area contributed by atoms with Crippen molar-refractivity contribution in [3.05, 3.63) is 54.5 Å². The van der Waals surface area contributed by atoms with E-state index in [0.29, 0.717) is 22.8 Å². The number of benzene rings is 1. The number of esters is 1. The number of hydrogen-bond acceptors (Lipinski definition) is 5. The van der Waals surface area contributed by atoms with Crippen LogP contribution in [0.15, 0.2) is 48.9 Å². The molecule has 2 aromatic rings. The first kappa shape index (κ1) is 24.8. The van der Waals surface area contributed by atoms with Gasteiger partial charge in [0.25, 0.3) is 5.91 Å². The maximum Gasteiger partial charge on any atom is 0.317 e. The Morgan fingerprint density at radius 3 is 2.47 bits per heavy atom. The van der Waals surface area contributed by atoms with Crippen molar-refractivity contribution in [1.29, 1.82) is 0 Å². The number of aromatic nitrogens is 2. The fourth-order valence-electron chi connectivity index (χ4n) is 6.20. The van der Waals surface area contributed by atoms with Gasteiger partial charge in [0.05, 0.1) is 24.7 Å². The Hall–Kier alpha value is -2.32. The van der Waals surface area contributed by atoms with Crippen LogP contribution in [0.4, 0.5) is 5.82 Å². The number of quaternary nitrogens is 1. The van der Waals surface area contributed by atoms with Crippen molar-refractivity contribution < 1.29 is 35.8 Å². The zero-order valence-corrected chi connectivity index (χ0v) is 21.1. The number of ether oxygens (including phenoxy) is 1. The summed E-state index contributed by atoms with van der Waals surface area (Å²) in [6.45, 7) is 3.00. The lowest BCUT2D eigenvalue weighted by molar-refractivity contribution is -0.939. The third kappa shape index (κ3) is 5.03. The highest BCUT2D eigenvalue weighted by molar-refractivity contribution is 5.90. The monoisotopic (exact) mass is 528 g/mol. The summed E-state index contributed by atoms with van der Waals surface area (Å²) in [6, 6.07) is 10.2. The third-order valence-corrected chi connectivity index (χ3v) is 8.03. The second kappa shape index (κ2) is 10.5. The molecule has 1 aromatic carbocycles. The summed E-state index contributed by atoms with van der Waals surface area (Å²) in [6.07, 6.45) is 11.6. The van der Waals surface area contributed by atoms with Gasteiger partial charge in [0.2, 0.25) is 0 Å². The van der Waals surface area contributed by atoms with Gasteiger partial charge in [0, 0.05) is 31.2 Å². The van der Waals surface area contributed by atoms with E-state index in [1.165, 1.54) is 6.42 Å². The number of halogens is 1. The Bertz CT molecular complexity index is 974. The van der Waals surface area contributed by atoms with Gasteiger partial charge in [-0.25, -0.2) is 4.98 Å². The van der Waals surface area contributed by atoms with Crippen LogP contribution in [0.25, 0.3) is 0 Å². The molecule has 4 heterocycles. The second-order valence-corrected chi connectivity index (χ2v) is 10.1. The predicted molar refractivity (Wildman–Crippen MR) is 124 cm³/mol. The lowest BCUT2D eigenvalue weighted by Crippen LogP contribution is -3.00. The molecule has 1 aliphatic carbocycles. The van der Waals surface area contributed by atoms with Crippen molar-refractivity contribution in [2.45, 2.75) is 56.5 Å². The van der Waals surface area contributed by atoms with Crippen LogP contribution in [0.5, 0.6) is 0 Å². The van der Waals surface area contributed by atoms with Gasteiger partial charge in [-0.1, -0.05) is 49.6 Å². The summed E-state index contributed by atoms with van der Waals surface area (Å²) in [5, 5.41) is 2.86. The van der Waals surface area contributed by atoms with Gasteiger partial charge in [-0.15, -0.1) is 0 Å². The van der Waals surface area contributed by atoms with Crippen molar-refractivity contribution in [2.24, 2.45) is 5.92 Å². The van der Waals surface area contributed by atoms with E-state index in [4.69, 9.17) is 4.74 Å². The second-order valence-electron chi connectivity index (χ2n) is 10.1. The average Bonchev–Trinajstić information content (AvgIpc) is 2.86. The van der Waals surface area contributed by atoms with E-state index in [-0.39, 0.29) is 35.0 Å². The topological polar surface area (TPSA) is 81.2 Å². The van der Waals surface area contributed by atoms with Gasteiger partial charge in [-0.05, 0) is 18.4 Å². The highest BCUT2D eigenvalue weighted by Crippen LogP contribution is 2.42. The summed E-state index contributed by atoms with van der Waals surface area (Å²) < 4.78 is 7.02. The highest BCUT2D eigenvalue weighted by Gasteiger charge is 2.51. The summed E-state index contributed by atoms with van der Waals surface area (Å²) in [5.41, 5.74) is 0.558. The minimum atomic E-state index is -0.528. The normalized spacial score (nSPS) is 27.3. The molecule has 1 N–H and O–H groups in total. The molecule has 34 heavy (non-hydrogen) atoms. The van der Waals surface area contributed by atoms with Crippen molar-refractivity contribution in [1.82, 2.24) is 9.97 Å². The zero-order chi connectivity index (χ0) is 22.7. The number of carbonyl (C=O) groups is 2. The largest absolute Gasteiger partial charge is 1.00 e. The maximum absolute atomic E-state index is 13.7. The molecule has 1 saturated carbocycles. The Labute approximate surface area is 211 Å². The smallest absolute Gasteiger partial charge is 0.317 e. The lowest BCUT2D eigenvalue weighted by atomic mass is 9.69. The van der Waals surface area contributed by atoms with Gasteiger partial charge >= 0.3 is 5.97 Å². The van der Waals surface area contributed by atoms with E-state index >= 15 is 0 Å². The van der Waals surface area contributed by atoms with Crippen molar-refractivity contribution in [2.75, 3.05) is 31.5 Å². The highest BCUT2D eigenvalue weighted by atomic mass is 79.9. The average molecular weight is 529 g/mol. The minimum absolute atomic E-state index is 0. The Balaban J connectivity index is 0.00000274. The molecule has 3 saturated heterocycles. The van der Waals surface area contributed by atoms with Crippen LogP contribution in [0, 0.1) is 5.92 Å². The van der Waals surface area contributed by atoms with Crippen LogP contribution in [-0.4, -0.2) is 58.6 Å². The lowest BCUT2D eigenvalue weighted by Gasteiger charge is -2.52. The zero-order valence-electron chi connectivity index (χ0n) is 19.5. The molecule has 4 fully saturated rings. The summed E-state index contributed by atoms with van der Waals surface area (Å²) in [4.78, 5) is 34.6. The van der Waals surface area contributed by atoms with Crippen LogP contribution < -0.4 is 22.3 Å². The number of piperidine rings is 3. The molecule has 0 unspecified atom stereocenters. The number of carbonyl (C=O) groups excluding carboxylic acids is 2. The van der Waals surface area contributed by atoms with Crippen LogP contribution in [-0.2, 0) is 19.7 Å². The third-order valence-electron chi connectivity index (χ3n) is 8.03. The molecule has 1 aromatic heterocycles. The molecule has 6 rings (SSSR count). The summed E-state index contributed by atoms with van der Waals surface area (Å²) >= 11 is 0. The summed E-state index contributed by atoms with van der Waals surface area (Å²) in [7, 11) is 0. The summed E-state index contributed by atoms with van der Waals surface area (Å²) in [5.74, 6) is 0.745. The molecule has 7 nitrogen and oxygen atoms in total. The van der Waals surface area contributed by atoms with Crippen LogP contribution in [0.2, 0.25) is 0 Å². The quantitative estimate of drug-likeness (QED) is 0.435. The SMILES string of the molecule is O=C(C[N+]12CCC(CC1)[C@@H](OC(=O)C1(c3ccccc3)CCCCC1)C2)Nc1cnccn1.[Br-]. The standard InChI is InChI=1S/C26H32N4O3.BrH/c31-24(29-23-17-27-13-14-28-23)19-30-15-9-20(10-16-30)22(18-30)33-25(32)26(11-5-2-6-12-26)21-7-3-1-4-8-21;/h1,3-4,7-8,13-14,17,20,22H,2,5-6,9-12,15-16,18-19H2;1H/t20?,22-,30?;/m0./s1. The van der Waals surface area contributed by atoms with Crippen molar-refractivity contribution >= 4 is 17.7 Å². The number of anilines is 1. The first-order valence-electron chi connectivity index (χ1n) is 12.3. The van der Waals surface area contributed by atoms with Gasteiger partial charge in [0.1, 0.15) is 6.54 Å². The number of amides is 1. The molecule has 182 valence electrons. The van der Waals surface area contributed by atoms with Crippen molar-refractivity contribution in [3.8, 4) is 0 Å². The fraction of sp³-hybridized carbons (Fsp3) is 0.538. The van der Waals surface area contributed by atoms with E-state index in [0.717, 1.165) is 63.7 Å². The molecular formula is C26H33BrN4O3. The fourth-order valence-corrected chi connectivity index (χ4v) is 6.20. The molecule has 4 aliphatic rings. The number of nitrogens with one attached hydrogen (secondary N) is 1. The van der Waals surface area contributed by atoms with Crippen molar-refractivity contribution in [3.63, 3.8) is 0 Å². The van der Waals surface area contributed by atoms with E-state index < -0.39 is 5.41 Å². The van der Waals surface area contributed by atoms with E-state index in [1.807, 2.05) is 18.2 Å². The van der Waals surface area contributed by atoms with E-state index in [2.05, 4.69) is 27.4 Å². The van der Waals surface area contributed by atoms with Crippen LogP contribution >= 0.6 is 0 Å². The van der Waals surface area contributed by atoms with Gasteiger partial charge < -0.3 is 31.5 Å². The Morgan fingerprint density at radius 2 is 1.79 bits per heavy atom. The molecule has 3 aliphatic heterocycles. The first-order valence-corrected chi connectivity index (χ1v) is 12.3. The van der Waals surface area contributed by atoms with E-state index in [9.17, 15) is 9.59 Å². The first-order chi connectivity index (χ1) is 16.1. The number of nitrogens with zero attached hydrogens (tertiary/aromatic N) is 3. The van der Waals surface area contributed by atoms with Gasteiger partial charge in [-0.2, -0.15) is 0 Å². The molecule has 1 amide bonds. The van der Waals surface area contributed by atoms with E-state index in [1.54, 1.807) is 18.6 Å². The molecule has 0 radical (unpaired) electrons. The Kier molecular flexibility index (Phi) is 7.67. The number of hydrogen-bond donors (Lipinski definition) is 1.